The SMILES string of the molecule is O=S(O)(O)=S.c1ccc(Oc2ccccc2)cc1. The second-order valence-electron chi connectivity index (χ2n) is 3.18. The van der Waals surface area contributed by atoms with Gasteiger partial charge in [0.25, 0.3) is 9.05 Å². The largest absolute Gasteiger partial charge is 0.457 e. The van der Waals surface area contributed by atoms with Gasteiger partial charge in [0, 0.05) is 11.2 Å². The maximum Gasteiger partial charge on any atom is 0.263 e. The highest BCUT2D eigenvalue weighted by atomic mass is 32.9. The Balaban J connectivity index is 0.000000280. The van der Waals surface area contributed by atoms with Crippen molar-refractivity contribution in [2.24, 2.45) is 0 Å². The van der Waals surface area contributed by atoms with Crippen molar-refractivity contribution < 1.29 is 18.1 Å². The molecule has 4 nitrogen and oxygen atoms in total. The van der Waals surface area contributed by atoms with E-state index in [1.54, 1.807) is 0 Å². The normalized spacial score (nSPS) is 10.1. The Morgan fingerprint density at radius 1 is 0.833 bits per heavy atom. The molecule has 0 saturated carbocycles. The summed E-state index contributed by atoms with van der Waals surface area (Å²) in [6.45, 7) is 0. The highest BCUT2D eigenvalue weighted by Gasteiger charge is 1.92. The number of ether oxygens (including phenoxy) is 1. The maximum absolute atomic E-state index is 9.11. The molecule has 0 saturated heterocycles. The van der Waals surface area contributed by atoms with Gasteiger partial charge in [-0.2, -0.15) is 4.21 Å². The summed E-state index contributed by atoms with van der Waals surface area (Å²) in [7, 11) is -3.83. The van der Waals surface area contributed by atoms with Crippen LogP contribution in [0.3, 0.4) is 0 Å². The second kappa shape index (κ2) is 7.07. The van der Waals surface area contributed by atoms with Crippen LogP contribution < -0.4 is 4.74 Å². The molecule has 96 valence electrons. The van der Waals surface area contributed by atoms with E-state index < -0.39 is 9.05 Å². The topological polar surface area (TPSA) is 66.8 Å². The molecule has 6 heteroatoms. The summed E-state index contributed by atoms with van der Waals surface area (Å²) in [6, 6.07) is 19.5. The first-order valence-electron chi connectivity index (χ1n) is 4.93. The molecule has 0 spiro atoms. The van der Waals surface area contributed by atoms with Gasteiger partial charge in [0.2, 0.25) is 0 Å². The third kappa shape index (κ3) is 7.75. The molecule has 2 N–H and O–H groups in total. The summed E-state index contributed by atoms with van der Waals surface area (Å²) in [5, 5.41) is 0. The average molecular weight is 284 g/mol. The van der Waals surface area contributed by atoms with Crippen LogP contribution in [0.1, 0.15) is 0 Å². The number of rotatable bonds is 2. The van der Waals surface area contributed by atoms with E-state index in [0.717, 1.165) is 11.5 Å². The molecule has 0 heterocycles. The molecule has 2 aromatic rings. The van der Waals surface area contributed by atoms with Crippen molar-refractivity contribution in [2.75, 3.05) is 0 Å². The van der Waals surface area contributed by atoms with Gasteiger partial charge in [-0.15, -0.1) is 0 Å². The fourth-order valence-electron chi connectivity index (χ4n) is 1.11. The van der Waals surface area contributed by atoms with Crippen LogP contribution in [0.2, 0.25) is 0 Å². The molecule has 0 amide bonds. The molecular formula is C12H12O4S2. The van der Waals surface area contributed by atoms with E-state index in [9.17, 15) is 0 Å². The molecule has 0 aliphatic rings. The van der Waals surface area contributed by atoms with Gasteiger partial charge >= 0.3 is 0 Å². The van der Waals surface area contributed by atoms with Crippen molar-refractivity contribution in [3.8, 4) is 11.5 Å². The van der Waals surface area contributed by atoms with Crippen molar-refractivity contribution in [3.05, 3.63) is 60.7 Å². The second-order valence-corrected chi connectivity index (χ2v) is 5.37. The summed E-state index contributed by atoms with van der Waals surface area (Å²) in [5.41, 5.74) is 0. The van der Waals surface area contributed by atoms with Crippen LogP contribution in [-0.4, -0.2) is 13.3 Å². The molecule has 0 bridgehead atoms. The van der Waals surface area contributed by atoms with Gasteiger partial charge in [0.15, 0.2) is 0 Å². The van der Waals surface area contributed by atoms with Crippen molar-refractivity contribution in [1.29, 1.82) is 0 Å². The summed E-state index contributed by atoms with van der Waals surface area (Å²) >= 11 is 3.47. The van der Waals surface area contributed by atoms with Crippen LogP contribution in [0.5, 0.6) is 11.5 Å². The number of benzene rings is 2. The van der Waals surface area contributed by atoms with E-state index in [1.807, 2.05) is 60.7 Å². The molecule has 18 heavy (non-hydrogen) atoms. The molecule has 0 unspecified atom stereocenters. The minimum atomic E-state index is -3.83. The molecule has 2 aromatic carbocycles. The number of para-hydroxylation sites is 2. The first-order chi connectivity index (χ1) is 8.45. The van der Waals surface area contributed by atoms with E-state index in [-0.39, 0.29) is 0 Å². The van der Waals surface area contributed by atoms with Gasteiger partial charge in [0.1, 0.15) is 11.5 Å². The van der Waals surface area contributed by atoms with Crippen molar-refractivity contribution >= 4 is 20.2 Å². The van der Waals surface area contributed by atoms with Crippen LogP contribution in [0.25, 0.3) is 0 Å². The fraction of sp³-hybridized carbons (Fsp3) is 0. The van der Waals surface area contributed by atoms with Crippen LogP contribution >= 0.6 is 0 Å². The molecule has 0 aromatic heterocycles. The Morgan fingerprint density at radius 2 is 1.11 bits per heavy atom. The zero-order valence-electron chi connectivity index (χ0n) is 9.30. The summed E-state index contributed by atoms with van der Waals surface area (Å²) in [6.07, 6.45) is 0. The molecule has 0 aliphatic heterocycles. The highest BCUT2D eigenvalue weighted by molar-refractivity contribution is 8.26. The van der Waals surface area contributed by atoms with Crippen molar-refractivity contribution in [3.63, 3.8) is 0 Å². The minimum absolute atomic E-state index is 0.869. The monoisotopic (exact) mass is 284 g/mol. The summed E-state index contributed by atoms with van der Waals surface area (Å²) in [5.74, 6) is 1.74. The van der Waals surface area contributed by atoms with E-state index in [1.165, 1.54) is 0 Å². The summed E-state index contributed by atoms with van der Waals surface area (Å²) < 4.78 is 29.5. The summed E-state index contributed by atoms with van der Waals surface area (Å²) in [4.78, 5) is 0. The van der Waals surface area contributed by atoms with Gasteiger partial charge in [-0.1, -0.05) is 36.4 Å². The third-order valence-corrected chi connectivity index (χ3v) is 1.72. The fourth-order valence-corrected chi connectivity index (χ4v) is 1.11. The van der Waals surface area contributed by atoms with Gasteiger partial charge < -0.3 is 4.74 Å². The Kier molecular flexibility index (Phi) is 5.73. The van der Waals surface area contributed by atoms with Gasteiger partial charge in [-0.05, 0) is 24.3 Å². The Hall–Kier alpha value is -1.47. The first-order valence-corrected chi connectivity index (χ1v) is 7.33. The van der Waals surface area contributed by atoms with Gasteiger partial charge in [0.05, 0.1) is 0 Å². The Labute approximate surface area is 111 Å². The zero-order chi connectivity index (χ0) is 13.4. The standard InChI is InChI=1S/C12H10O.H2O3S2/c1-3-7-11(8-4-1)13-12-9-5-2-6-10-12;1-5(2,3)4/h1-10H;(H2,1,2,3,4). The molecule has 0 radical (unpaired) electrons. The Morgan fingerprint density at radius 3 is 1.39 bits per heavy atom. The van der Waals surface area contributed by atoms with E-state index >= 15 is 0 Å². The lowest BCUT2D eigenvalue weighted by Gasteiger charge is -2.03. The van der Waals surface area contributed by atoms with Crippen LogP contribution in [0.15, 0.2) is 60.7 Å². The van der Waals surface area contributed by atoms with Crippen LogP contribution in [-0.2, 0) is 20.2 Å². The highest BCUT2D eigenvalue weighted by Crippen LogP contribution is 2.19. The smallest absolute Gasteiger partial charge is 0.263 e. The third-order valence-electron chi connectivity index (χ3n) is 1.72. The maximum atomic E-state index is 9.11. The Bertz CT molecular complexity index is 508. The molecule has 0 aliphatic carbocycles. The van der Waals surface area contributed by atoms with E-state index in [2.05, 4.69) is 11.2 Å². The lowest BCUT2D eigenvalue weighted by Crippen LogP contribution is -1.86. The molecule has 0 fully saturated rings. The molecule has 2 rings (SSSR count). The lowest BCUT2D eigenvalue weighted by molar-refractivity contribution is 0.450. The number of hydrogen-bond acceptors (Lipinski definition) is 3. The molecular weight excluding hydrogens is 272 g/mol. The van der Waals surface area contributed by atoms with E-state index in [4.69, 9.17) is 18.1 Å². The van der Waals surface area contributed by atoms with E-state index in [0.29, 0.717) is 0 Å². The van der Waals surface area contributed by atoms with Gasteiger partial charge in [-0.25, -0.2) is 0 Å². The quantitative estimate of drug-likeness (QED) is 0.886. The van der Waals surface area contributed by atoms with Crippen LogP contribution in [0.4, 0.5) is 0 Å². The average Bonchev–Trinajstić information content (AvgIpc) is 2.29. The predicted octanol–water partition coefficient (Wildman–Crippen LogP) is 3.16. The first kappa shape index (κ1) is 14.6. The van der Waals surface area contributed by atoms with Crippen molar-refractivity contribution in [2.45, 2.75) is 0 Å². The molecule has 0 atom stereocenters. The lowest BCUT2D eigenvalue weighted by atomic mass is 10.3. The van der Waals surface area contributed by atoms with Gasteiger partial charge in [-0.3, -0.25) is 9.11 Å². The predicted molar refractivity (Wildman–Crippen MR) is 73.7 cm³/mol. The van der Waals surface area contributed by atoms with Crippen molar-refractivity contribution in [1.82, 2.24) is 0 Å². The number of hydrogen-bond donors (Lipinski definition) is 2. The minimum Gasteiger partial charge on any atom is -0.457 e. The zero-order valence-corrected chi connectivity index (χ0v) is 10.9. The van der Waals surface area contributed by atoms with Crippen LogP contribution in [0, 0.1) is 0 Å².